The van der Waals surface area contributed by atoms with E-state index >= 15 is 0 Å². The summed E-state index contributed by atoms with van der Waals surface area (Å²) in [6, 6.07) is 2.21. The molecule has 19 heavy (non-hydrogen) atoms. The van der Waals surface area contributed by atoms with Gasteiger partial charge in [0.25, 0.3) is 0 Å². The highest BCUT2D eigenvalue weighted by atomic mass is 16.5. The number of aromatic nitrogens is 2. The minimum Gasteiger partial charge on any atom is -0.420 e. The molecule has 0 radical (unpaired) electrons. The first kappa shape index (κ1) is 11.8. The summed E-state index contributed by atoms with van der Waals surface area (Å²) in [5.41, 5.74) is 8.31. The van der Waals surface area contributed by atoms with Crippen molar-refractivity contribution >= 4 is 0 Å². The van der Waals surface area contributed by atoms with E-state index in [0.717, 1.165) is 30.5 Å². The first-order chi connectivity index (χ1) is 9.22. The summed E-state index contributed by atoms with van der Waals surface area (Å²) >= 11 is 0. The summed E-state index contributed by atoms with van der Waals surface area (Å²) in [4.78, 5) is 0. The van der Waals surface area contributed by atoms with E-state index < -0.39 is 0 Å². The molecule has 2 aliphatic rings. The molecule has 0 fully saturated rings. The molecule has 1 aliphatic carbocycles. The third-order valence-electron chi connectivity index (χ3n) is 3.89. The van der Waals surface area contributed by atoms with Crippen molar-refractivity contribution in [3.63, 3.8) is 0 Å². The van der Waals surface area contributed by atoms with E-state index in [1.54, 1.807) is 0 Å². The van der Waals surface area contributed by atoms with Gasteiger partial charge in [-0.3, -0.25) is 5.10 Å². The lowest BCUT2D eigenvalue weighted by atomic mass is 9.76. The molecule has 0 bridgehead atoms. The lowest BCUT2D eigenvalue weighted by molar-refractivity contribution is 0.355. The topological polar surface area (TPSA) is 87.7 Å². The number of hydrogen-bond acceptors (Lipinski definition) is 4. The van der Waals surface area contributed by atoms with E-state index in [1.807, 2.05) is 6.92 Å². The Morgan fingerprint density at radius 1 is 1.58 bits per heavy atom. The molecule has 3 N–H and O–H groups in total. The zero-order chi connectivity index (χ0) is 13.4. The van der Waals surface area contributed by atoms with E-state index in [9.17, 15) is 5.26 Å². The molecule has 0 amide bonds. The van der Waals surface area contributed by atoms with Crippen LogP contribution in [0.1, 0.15) is 36.4 Å². The van der Waals surface area contributed by atoms with Gasteiger partial charge in [-0.25, -0.2) is 0 Å². The number of nitriles is 1. The van der Waals surface area contributed by atoms with Gasteiger partial charge in [0.15, 0.2) is 0 Å². The van der Waals surface area contributed by atoms with Crippen molar-refractivity contribution in [2.45, 2.75) is 32.1 Å². The fourth-order valence-corrected chi connectivity index (χ4v) is 2.99. The van der Waals surface area contributed by atoms with Crippen molar-refractivity contribution in [3.05, 3.63) is 34.9 Å². The molecule has 1 aromatic rings. The van der Waals surface area contributed by atoms with Crippen LogP contribution in [0.2, 0.25) is 0 Å². The normalized spacial score (nSPS) is 25.7. The maximum absolute atomic E-state index is 9.39. The Morgan fingerprint density at radius 2 is 2.42 bits per heavy atom. The predicted molar refractivity (Wildman–Crippen MR) is 70.0 cm³/mol. The maximum atomic E-state index is 9.39. The largest absolute Gasteiger partial charge is 0.420 e. The number of allylic oxidation sites excluding steroid dienone is 3. The number of nitrogens with one attached hydrogen (secondary N) is 1. The molecule has 2 atom stereocenters. The van der Waals surface area contributed by atoms with E-state index in [4.69, 9.17) is 10.5 Å². The molecule has 2 heterocycles. The summed E-state index contributed by atoms with van der Waals surface area (Å²) in [6.45, 7) is 1.95. The molecule has 0 aromatic carbocycles. The Kier molecular flexibility index (Phi) is 2.79. The predicted octanol–water partition coefficient (Wildman–Crippen LogP) is 2.24. The SMILES string of the molecule is Cc1[nH]nc2c1[C@H]([C@@H]1C=CCCC1)C(C#N)=C(N)O2. The number of aromatic amines is 1. The van der Waals surface area contributed by atoms with Crippen LogP contribution < -0.4 is 10.5 Å². The zero-order valence-corrected chi connectivity index (χ0v) is 10.8. The standard InChI is InChI=1S/C14H16N4O/c1-8-11-12(9-5-3-2-4-6-9)10(7-15)13(16)19-14(11)18-17-8/h3,5,9,12H,2,4,6,16H2,1H3,(H,17,18)/t9-,12-/m1/s1. The maximum Gasteiger partial charge on any atom is 0.243 e. The molecule has 0 spiro atoms. The smallest absolute Gasteiger partial charge is 0.243 e. The third kappa shape index (κ3) is 1.80. The number of fused-ring (bicyclic) bond motifs is 1. The summed E-state index contributed by atoms with van der Waals surface area (Å²) in [5, 5.41) is 16.4. The van der Waals surface area contributed by atoms with Crippen LogP contribution in [0.4, 0.5) is 0 Å². The molecular formula is C14H16N4O. The van der Waals surface area contributed by atoms with Crippen LogP contribution in [0.15, 0.2) is 23.6 Å². The molecule has 0 unspecified atom stereocenters. The second kappa shape index (κ2) is 4.47. The zero-order valence-electron chi connectivity index (χ0n) is 10.8. The lowest BCUT2D eigenvalue weighted by Gasteiger charge is -2.30. The van der Waals surface area contributed by atoms with Crippen molar-refractivity contribution in [2.24, 2.45) is 11.7 Å². The van der Waals surface area contributed by atoms with Gasteiger partial charge in [-0.1, -0.05) is 12.2 Å². The number of nitrogens with zero attached hydrogens (tertiary/aromatic N) is 2. The van der Waals surface area contributed by atoms with Gasteiger partial charge in [0, 0.05) is 17.2 Å². The van der Waals surface area contributed by atoms with Crippen molar-refractivity contribution in [1.29, 1.82) is 5.26 Å². The van der Waals surface area contributed by atoms with Crippen molar-refractivity contribution in [2.75, 3.05) is 0 Å². The summed E-state index contributed by atoms with van der Waals surface area (Å²) in [7, 11) is 0. The lowest BCUT2D eigenvalue weighted by Crippen LogP contribution is -2.25. The molecule has 5 nitrogen and oxygen atoms in total. The molecule has 98 valence electrons. The molecule has 1 aliphatic heterocycles. The fourth-order valence-electron chi connectivity index (χ4n) is 2.99. The van der Waals surface area contributed by atoms with Gasteiger partial charge in [-0.2, -0.15) is 5.26 Å². The molecular weight excluding hydrogens is 240 g/mol. The Labute approximate surface area is 111 Å². The highest BCUT2D eigenvalue weighted by Gasteiger charge is 2.37. The Hall–Kier alpha value is -2.22. The van der Waals surface area contributed by atoms with Crippen molar-refractivity contribution < 1.29 is 4.74 Å². The first-order valence-corrected chi connectivity index (χ1v) is 6.51. The number of H-pyrrole nitrogens is 1. The van der Waals surface area contributed by atoms with Crippen LogP contribution in [0, 0.1) is 24.2 Å². The Balaban J connectivity index is 2.12. The fraction of sp³-hybridized carbons (Fsp3) is 0.429. The minimum absolute atomic E-state index is 0.0379. The van der Waals surface area contributed by atoms with Gasteiger partial charge in [-0.15, -0.1) is 5.10 Å². The van der Waals surface area contributed by atoms with Gasteiger partial charge in [0.2, 0.25) is 11.8 Å². The van der Waals surface area contributed by atoms with E-state index in [-0.39, 0.29) is 11.8 Å². The summed E-state index contributed by atoms with van der Waals surface area (Å²) in [5.74, 6) is 0.952. The molecule has 0 saturated heterocycles. The van der Waals surface area contributed by atoms with Gasteiger partial charge < -0.3 is 10.5 Å². The number of aryl methyl sites for hydroxylation is 1. The Morgan fingerprint density at radius 3 is 3.11 bits per heavy atom. The van der Waals surface area contributed by atoms with Gasteiger partial charge >= 0.3 is 0 Å². The number of rotatable bonds is 1. The van der Waals surface area contributed by atoms with Crippen molar-refractivity contribution in [3.8, 4) is 11.9 Å². The third-order valence-corrected chi connectivity index (χ3v) is 3.89. The second-order valence-corrected chi connectivity index (χ2v) is 5.06. The number of ether oxygens (including phenoxy) is 1. The number of hydrogen-bond donors (Lipinski definition) is 2. The van der Waals surface area contributed by atoms with Crippen LogP contribution >= 0.6 is 0 Å². The van der Waals surface area contributed by atoms with Gasteiger partial charge in [0.05, 0.1) is 5.57 Å². The molecule has 1 aromatic heterocycles. The minimum atomic E-state index is -0.0379. The van der Waals surface area contributed by atoms with Gasteiger partial charge in [-0.05, 0) is 32.1 Å². The molecule has 5 heteroatoms. The molecule has 3 rings (SSSR count). The van der Waals surface area contributed by atoms with Gasteiger partial charge in [0.1, 0.15) is 6.07 Å². The molecule has 0 saturated carbocycles. The van der Waals surface area contributed by atoms with E-state index in [0.29, 0.717) is 17.4 Å². The second-order valence-electron chi connectivity index (χ2n) is 5.06. The van der Waals surface area contributed by atoms with Crippen LogP contribution in [0.5, 0.6) is 5.88 Å². The highest BCUT2D eigenvalue weighted by Crippen LogP contribution is 2.45. The quantitative estimate of drug-likeness (QED) is 0.754. The monoisotopic (exact) mass is 256 g/mol. The van der Waals surface area contributed by atoms with Crippen LogP contribution in [0.3, 0.4) is 0 Å². The van der Waals surface area contributed by atoms with E-state index in [2.05, 4.69) is 28.4 Å². The Bertz CT molecular complexity index is 605. The van der Waals surface area contributed by atoms with Crippen LogP contribution in [-0.4, -0.2) is 10.2 Å². The average Bonchev–Trinajstić information content (AvgIpc) is 2.79. The average molecular weight is 256 g/mol. The highest BCUT2D eigenvalue weighted by molar-refractivity contribution is 5.49. The van der Waals surface area contributed by atoms with Crippen LogP contribution in [0.25, 0.3) is 0 Å². The van der Waals surface area contributed by atoms with E-state index in [1.165, 1.54) is 0 Å². The van der Waals surface area contributed by atoms with Crippen molar-refractivity contribution in [1.82, 2.24) is 10.2 Å². The number of nitrogens with two attached hydrogens (primary N) is 1. The van der Waals surface area contributed by atoms with Crippen LogP contribution in [-0.2, 0) is 0 Å². The summed E-state index contributed by atoms with van der Waals surface area (Å²) < 4.78 is 5.45. The summed E-state index contributed by atoms with van der Waals surface area (Å²) in [6.07, 6.45) is 7.69. The first-order valence-electron chi connectivity index (χ1n) is 6.51.